The summed E-state index contributed by atoms with van der Waals surface area (Å²) in [5.41, 5.74) is 3.04. The Kier molecular flexibility index (Phi) is 8.84. The second-order valence-corrected chi connectivity index (χ2v) is 15.9. The zero-order chi connectivity index (χ0) is 33.1. The monoisotopic (exact) mass is 672 g/mol. The summed E-state index contributed by atoms with van der Waals surface area (Å²) in [7, 11) is 4.19. The van der Waals surface area contributed by atoms with Gasteiger partial charge in [-0.2, -0.15) is 9.97 Å². The average Bonchev–Trinajstić information content (AvgIpc) is 3.52. The summed E-state index contributed by atoms with van der Waals surface area (Å²) < 4.78 is 38.2. The summed E-state index contributed by atoms with van der Waals surface area (Å²) in [6.07, 6.45) is -2.45. The Bertz CT molecular complexity index is 1550. The number of imide groups is 1. The van der Waals surface area contributed by atoms with Crippen molar-refractivity contribution >= 4 is 53.1 Å². The Hall–Kier alpha value is -3.06. The number of nitrogens with zero attached hydrogens (tertiary/aromatic N) is 6. The lowest BCUT2D eigenvalue weighted by atomic mass is 9.96. The SMILES string of the molecule is COc1nc(N)nc2c1ncn2C1OC(COP(=O)(NC2(C(=O)OC(C)C)CC2)SCC2C(=O)N(C)C(=O)N2C)[C@@H](O)[C@@]1(C)O. The van der Waals surface area contributed by atoms with Gasteiger partial charge in [0.2, 0.25) is 11.8 Å². The minimum Gasteiger partial charge on any atom is -0.479 e. The number of aliphatic hydroxyl groups is 2. The molecule has 20 heteroatoms. The molecule has 0 spiro atoms. The number of carbonyl (C=O) groups is 3. The van der Waals surface area contributed by atoms with Crippen LogP contribution in [0.2, 0.25) is 0 Å². The summed E-state index contributed by atoms with van der Waals surface area (Å²) >= 11 is 0.740. The minimum atomic E-state index is -4.07. The number of esters is 1. The Labute approximate surface area is 262 Å². The highest BCUT2D eigenvalue weighted by molar-refractivity contribution is 8.56. The van der Waals surface area contributed by atoms with Gasteiger partial charge in [-0.3, -0.25) is 23.6 Å². The topological polar surface area (TPSA) is 234 Å². The second-order valence-electron chi connectivity index (χ2n) is 11.7. The molecular weight excluding hydrogens is 635 g/mol. The number of urea groups is 1. The lowest BCUT2D eigenvalue weighted by molar-refractivity contribution is -0.150. The number of rotatable bonds is 12. The number of nitrogens with one attached hydrogen (secondary N) is 1. The van der Waals surface area contributed by atoms with Gasteiger partial charge in [-0.05, 0) is 33.6 Å². The molecular formula is C25H37N8O10PS. The Morgan fingerprint density at radius 3 is 2.58 bits per heavy atom. The van der Waals surface area contributed by atoms with Crippen LogP contribution in [0.4, 0.5) is 10.7 Å². The number of aromatic nitrogens is 4. The lowest BCUT2D eigenvalue weighted by Crippen LogP contribution is -2.44. The quantitative estimate of drug-likeness (QED) is 0.134. The van der Waals surface area contributed by atoms with Crippen molar-refractivity contribution in [3.8, 4) is 5.88 Å². The smallest absolute Gasteiger partial charge is 0.327 e. The van der Waals surface area contributed by atoms with Gasteiger partial charge in [0.1, 0.15) is 29.4 Å². The number of ether oxygens (including phenoxy) is 3. The van der Waals surface area contributed by atoms with Crippen LogP contribution in [0.5, 0.6) is 5.88 Å². The Balaban J connectivity index is 1.37. The second kappa shape index (κ2) is 11.9. The van der Waals surface area contributed by atoms with Crippen LogP contribution in [-0.4, -0.2) is 126 Å². The Morgan fingerprint density at radius 2 is 2.00 bits per heavy atom. The lowest BCUT2D eigenvalue weighted by Gasteiger charge is -2.28. The Morgan fingerprint density at radius 1 is 1.31 bits per heavy atom. The normalized spacial score (nSPS) is 29.1. The molecule has 0 radical (unpaired) electrons. The fourth-order valence-electron chi connectivity index (χ4n) is 5.15. The molecule has 4 heterocycles. The molecule has 2 aromatic heterocycles. The molecule has 18 nitrogen and oxygen atoms in total. The van der Waals surface area contributed by atoms with Crippen LogP contribution in [0.1, 0.15) is 39.8 Å². The molecule has 45 heavy (non-hydrogen) atoms. The van der Waals surface area contributed by atoms with Crippen LogP contribution < -0.4 is 15.6 Å². The van der Waals surface area contributed by atoms with E-state index >= 15 is 0 Å². The number of hydrogen-bond acceptors (Lipinski definition) is 15. The minimum absolute atomic E-state index is 0.0997. The predicted molar refractivity (Wildman–Crippen MR) is 159 cm³/mol. The van der Waals surface area contributed by atoms with Crippen LogP contribution in [-0.2, 0) is 28.2 Å². The van der Waals surface area contributed by atoms with Gasteiger partial charge in [0.25, 0.3) is 5.91 Å². The first-order valence-electron chi connectivity index (χ1n) is 14.1. The van der Waals surface area contributed by atoms with Gasteiger partial charge < -0.3 is 39.6 Å². The van der Waals surface area contributed by atoms with E-state index in [1.807, 2.05) is 0 Å². The van der Waals surface area contributed by atoms with E-state index in [1.54, 1.807) is 13.8 Å². The molecule has 0 bridgehead atoms. The van der Waals surface area contributed by atoms with Crippen LogP contribution in [0, 0.1) is 0 Å². The van der Waals surface area contributed by atoms with E-state index in [4.69, 9.17) is 24.5 Å². The average molecular weight is 673 g/mol. The molecule has 2 aromatic rings. The molecule has 2 saturated heterocycles. The highest BCUT2D eigenvalue weighted by atomic mass is 32.7. The molecule has 248 valence electrons. The van der Waals surface area contributed by atoms with Gasteiger partial charge in [0.15, 0.2) is 17.4 Å². The highest BCUT2D eigenvalue weighted by Crippen LogP contribution is 2.61. The summed E-state index contributed by atoms with van der Waals surface area (Å²) in [6, 6.07) is -1.44. The molecule has 3 fully saturated rings. The third kappa shape index (κ3) is 6.09. The number of aliphatic hydroxyl groups excluding tert-OH is 1. The number of anilines is 1. The summed E-state index contributed by atoms with van der Waals surface area (Å²) in [5.74, 6) is -1.22. The van der Waals surface area contributed by atoms with Gasteiger partial charge >= 0.3 is 18.7 Å². The third-order valence-electron chi connectivity index (χ3n) is 7.92. The molecule has 5 N–H and O–H groups in total. The standard InChI is InChI=1S/C25H37N8O10PS/c1-12(2)42-21(36)25(7-8-25)30-44(39,45-10-13-19(35)32(5)23(37)31(13)4)41-9-14-16(34)24(3,38)20(43-14)33-11-27-15-17(33)28-22(26)29-18(15)40-6/h11-14,16,20,34,38H,7-10H2,1-6H3,(H,30,39)(H2,26,28,29)/t13?,14?,16-,20?,24-,44?/m1/s1. The molecule has 2 aliphatic heterocycles. The van der Waals surface area contributed by atoms with Crippen molar-refractivity contribution in [1.29, 1.82) is 0 Å². The van der Waals surface area contributed by atoms with Crippen molar-refractivity contribution in [1.82, 2.24) is 34.4 Å². The fourth-order valence-corrected chi connectivity index (χ4v) is 9.38. The summed E-state index contributed by atoms with van der Waals surface area (Å²) in [4.78, 5) is 52.5. The van der Waals surface area contributed by atoms with E-state index in [2.05, 4.69) is 20.0 Å². The fraction of sp³-hybridized carbons (Fsp3) is 0.680. The summed E-state index contributed by atoms with van der Waals surface area (Å²) in [5, 5.41) is 25.3. The molecule has 1 saturated carbocycles. The van der Waals surface area contributed by atoms with E-state index in [1.165, 1.54) is 43.9 Å². The van der Waals surface area contributed by atoms with Crippen molar-refractivity contribution < 1.29 is 47.9 Å². The molecule has 4 unspecified atom stereocenters. The third-order valence-corrected chi connectivity index (χ3v) is 12.0. The van der Waals surface area contributed by atoms with Crippen molar-refractivity contribution in [3.63, 3.8) is 0 Å². The van der Waals surface area contributed by atoms with E-state index in [0.29, 0.717) is 12.8 Å². The number of amides is 3. The molecule has 0 aromatic carbocycles. The molecule has 3 amide bonds. The maximum absolute atomic E-state index is 14.3. The number of likely N-dealkylation sites (N-methyl/N-ethyl adjacent to an activating group) is 2. The molecule has 3 aliphatic rings. The van der Waals surface area contributed by atoms with Gasteiger partial charge in [0.05, 0.1) is 26.1 Å². The van der Waals surface area contributed by atoms with Crippen molar-refractivity contribution in [2.75, 3.05) is 39.3 Å². The predicted octanol–water partition coefficient (Wildman–Crippen LogP) is 0.251. The number of methoxy groups -OCH3 is 1. The molecule has 1 aliphatic carbocycles. The van der Waals surface area contributed by atoms with E-state index in [0.717, 1.165) is 16.3 Å². The largest absolute Gasteiger partial charge is 0.479 e. The maximum Gasteiger partial charge on any atom is 0.327 e. The van der Waals surface area contributed by atoms with E-state index in [9.17, 15) is 29.2 Å². The van der Waals surface area contributed by atoms with Crippen LogP contribution in [0.15, 0.2) is 6.33 Å². The van der Waals surface area contributed by atoms with Gasteiger partial charge in [0, 0.05) is 19.8 Å². The van der Waals surface area contributed by atoms with Crippen molar-refractivity contribution in [2.24, 2.45) is 0 Å². The summed E-state index contributed by atoms with van der Waals surface area (Å²) in [6.45, 7) is 0.159. The number of imidazole rings is 1. The van der Waals surface area contributed by atoms with Gasteiger partial charge in [-0.15, -0.1) is 0 Å². The number of hydrogen-bond donors (Lipinski definition) is 4. The number of nitrogens with two attached hydrogens (primary N) is 1. The first-order valence-corrected chi connectivity index (χ1v) is 17.3. The van der Waals surface area contributed by atoms with Crippen LogP contribution in [0.3, 0.4) is 0 Å². The first kappa shape index (κ1) is 33.3. The number of carbonyl (C=O) groups excluding carboxylic acids is 3. The van der Waals surface area contributed by atoms with Crippen LogP contribution >= 0.6 is 18.1 Å². The zero-order valence-electron chi connectivity index (χ0n) is 25.6. The highest BCUT2D eigenvalue weighted by Gasteiger charge is 2.58. The van der Waals surface area contributed by atoms with E-state index < -0.39 is 73.0 Å². The molecule has 5 rings (SSSR count). The van der Waals surface area contributed by atoms with E-state index in [-0.39, 0.29) is 28.7 Å². The molecule has 6 atom stereocenters. The first-order chi connectivity index (χ1) is 21.0. The van der Waals surface area contributed by atoms with Gasteiger partial charge in [-0.1, -0.05) is 11.4 Å². The van der Waals surface area contributed by atoms with Crippen LogP contribution in [0.25, 0.3) is 11.2 Å². The number of fused-ring (bicyclic) bond motifs is 1. The zero-order valence-corrected chi connectivity index (χ0v) is 27.3. The van der Waals surface area contributed by atoms with Crippen molar-refractivity contribution in [2.45, 2.75) is 75.3 Å². The number of nitrogen functional groups attached to an aromatic ring is 1. The van der Waals surface area contributed by atoms with Crippen molar-refractivity contribution in [3.05, 3.63) is 6.33 Å². The maximum atomic E-state index is 14.3. The van der Waals surface area contributed by atoms with Gasteiger partial charge in [-0.25, -0.2) is 14.9 Å².